The molecule has 4 heteroatoms. The Bertz CT molecular complexity index is 601. The summed E-state index contributed by atoms with van der Waals surface area (Å²) in [5.74, 6) is 0.110. The van der Waals surface area contributed by atoms with E-state index >= 15 is 0 Å². The molecule has 0 aliphatic heterocycles. The summed E-state index contributed by atoms with van der Waals surface area (Å²) in [6, 6.07) is 8.21. The van der Waals surface area contributed by atoms with Crippen LogP contribution in [-0.4, -0.2) is 40.1 Å². The number of hydrogen-bond acceptors (Lipinski definition) is 2. The third kappa shape index (κ3) is 2.56. The number of fused-ring (bicyclic) bond motifs is 1. The number of rotatable bonds is 6. The summed E-state index contributed by atoms with van der Waals surface area (Å²) in [5, 5.41) is 9.97. The topological polar surface area (TPSA) is 56.3 Å². The summed E-state index contributed by atoms with van der Waals surface area (Å²) in [7, 11) is 0. The van der Waals surface area contributed by atoms with E-state index in [-0.39, 0.29) is 12.5 Å². The molecular weight excluding hydrogens is 252 g/mol. The lowest BCUT2D eigenvalue weighted by molar-refractivity contribution is 0.0739. The van der Waals surface area contributed by atoms with E-state index in [1.54, 1.807) is 0 Å². The lowest BCUT2D eigenvalue weighted by Crippen LogP contribution is -2.34. The standard InChI is InChI=1S/C16H20N2O2/c19-11-2-1-10-18(13-6-7-13)16(20)14-5-3-4-12-8-9-17-15(12)14/h3-5,8-9,13,17,19H,1-2,6-7,10-11H2. The number of aliphatic hydroxyl groups is 1. The Hall–Kier alpha value is -1.81. The normalized spacial score (nSPS) is 14.7. The molecule has 0 bridgehead atoms. The van der Waals surface area contributed by atoms with Gasteiger partial charge in [-0.05, 0) is 37.8 Å². The zero-order chi connectivity index (χ0) is 13.9. The molecule has 1 aliphatic carbocycles. The van der Waals surface area contributed by atoms with Crippen LogP contribution in [0.2, 0.25) is 0 Å². The van der Waals surface area contributed by atoms with Crippen molar-refractivity contribution in [2.24, 2.45) is 0 Å². The van der Waals surface area contributed by atoms with Gasteiger partial charge in [0.05, 0.1) is 11.1 Å². The summed E-state index contributed by atoms with van der Waals surface area (Å²) in [5.41, 5.74) is 1.67. The first-order valence-electron chi connectivity index (χ1n) is 7.29. The highest BCUT2D eigenvalue weighted by Gasteiger charge is 2.33. The molecule has 1 fully saturated rings. The van der Waals surface area contributed by atoms with Crippen LogP contribution in [0.1, 0.15) is 36.0 Å². The van der Waals surface area contributed by atoms with Gasteiger partial charge in [0.2, 0.25) is 0 Å². The maximum absolute atomic E-state index is 12.8. The smallest absolute Gasteiger partial charge is 0.256 e. The number of H-pyrrole nitrogens is 1. The van der Waals surface area contributed by atoms with E-state index in [1.165, 1.54) is 0 Å². The molecule has 3 rings (SSSR count). The molecule has 2 aromatic rings. The predicted molar refractivity (Wildman–Crippen MR) is 78.7 cm³/mol. The number of nitrogens with zero attached hydrogens (tertiary/aromatic N) is 1. The fraction of sp³-hybridized carbons (Fsp3) is 0.438. The number of amides is 1. The number of para-hydroxylation sites is 1. The van der Waals surface area contributed by atoms with Gasteiger partial charge in [0.15, 0.2) is 0 Å². The van der Waals surface area contributed by atoms with Crippen LogP contribution in [0, 0.1) is 0 Å². The van der Waals surface area contributed by atoms with Gasteiger partial charge in [-0.2, -0.15) is 0 Å². The van der Waals surface area contributed by atoms with Crippen LogP contribution in [0.25, 0.3) is 10.9 Å². The molecule has 1 saturated carbocycles. The van der Waals surface area contributed by atoms with Crippen LogP contribution in [0.15, 0.2) is 30.5 Å². The van der Waals surface area contributed by atoms with Gasteiger partial charge in [-0.1, -0.05) is 12.1 Å². The highest BCUT2D eigenvalue weighted by Crippen LogP contribution is 2.30. The molecule has 0 saturated heterocycles. The van der Waals surface area contributed by atoms with E-state index in [9.17, 15) is 4.79 Å². The van der Waals surface area contributed by atoms with Crippen LogP contribution in [-0.2, 0) is 0 Å². The molecule has 0 unspecified atom stereocenters. The molecule has 1 aromatic heterocycles. The number of carbonyl (C=O) groups is 1. The molecule has 106 valence electrons. The monoisotopic (exact) mass is 272 g/mol. The molecule has 1 aromatic carbocycles. The number of unbranched alkanes of at least 4 members (excludes halogenated alkanes) is 1. The summed E-state index contributed by atoms with van der Waals surface area (Å²) in [6.07, 6.45) is 5.69. The zero-order valence-electron chi connectivity index (χ0n) is 11.5. The minimum atomic E-state index is 0.110. The van der Waals surface area contributed by atoms with Gasteiger partial charge in [-0.3, -0.25) is 4.79 Å². The highest BCUT2D eigenvalue weighted by atomic mass is 16.3. The van der Waals surface area contributed by atoms with Gasteiger partial charge in [-0.25, -0.2) is 0 Å². The minimum Gasteiger partial charge on any atom is -0.396 e. The molecule has 2 N–H and O–H groups in total. The van der Waals surface area contributed by atoms with Crippen LogP contribution >= 0.6 is 0 Å². The Kier molecular flexibility index (Phi) is 3.74. The van der Waals surface area contributed by atoms with E-state index in [2.05, 4.69) is 4.98 Å². The molecular formula is C16H20N2O2. The number of nitrogens with one attached hydrogen (secondary N) is 1. The second kappa shape index (κ2) is 5.67. The average Bonchev–Trinajstić information content (AvgIpc) is 3.18. The molecule has 4 nitrogen and oxygen atoms in total. The van der Waals surface area contributed by atoms with E-state index in [0.29, 0.717) is 6.04 Å². The molecule has 0 spiro atoms. The third-order valence-corrected chi connectivity index (χ3v) is 3.87. The van der Waals surface area contributed by atoms with Crippen molar-refractivity contribution in [2.45, 2.75) is 31.7 Å². The van der Waals surface area contributed by atoms with Crippen molar-refractivity contribution >= 4 is 16.8 Å². The molecule has 1 aliphatic rings. The maximum Gasteiger partial charge on any atom is 0.256 e. The molecule has 20 heavy (non-hydrogen) atoms. The lowest BCUT2D eigenvalue weighted by atomic mass is 10.1. The van der Waals surface area contributed by atoms with Crippen molar-refractivity contribution < 1.29 is 9.90 Å². The van der Waals surface area contributed by atoms with Crippen molar-refractivity contribution in [2.75, 3.05) is 13.2 Å². The van der Waals surface area contributed by atoms with Gasteiger partial charge in [0, 0.05) is 30.8 Å². The Morgan fingerprint density at radius 3 is 2.90 bits per heavy atom. The molecule has 1 amide bonds. The second-order valence-electron chi connectivity index (χ2n) is 5.41. The largest absolute Gasteiger partial charge is 0.396 e. The lowest BCUT2D eigenvalue weighted by Gasteiger charge is -2.22. The predicted octanol–water partition coefficient (Wildman–Crippen LogP) is 2.55. The number of aromatic amines is 1. The molecule has 1 heterocycles. The third-order valence-electron chi connectivity index (χ3n) is 3.87. The van der Waals surface area contributed by atoms with Gasteiger partial charge in [0.25, 0.3) is 5.91 Å². The quantitative estimate of drug-likeness (QED) is 0.794. The van der Waals surface area contributed by atoms with Gasteiger partial charge < -0.3 is 15.0 Å². The first-order valence-corrected chi connectivity index (χ1v) is 7.29. The fourth-order valence-corrected chi connectivity index (χ4v) is 2.65. The second-order valence-corrected chi connectivity index (χ2v) is 5.41. The van der Waals surface area contributed by atoms with Gasteiger partial charge in [-0.15, -0.1) is 0 Å². The summed E-state index contributed by atoms with van der Waals surface area (Å²) in [4.78, 5) is 17.9. The van der Waals surface area contributed by atoms with Crippen LogP contribution < -0.4 is 0 Å². The first kappa shape index (κ1) is 13.2. The van der Waals surface area contributed by atoms with Crippen molar-refractivity contribution in [1.29, 1.82) is 0 Å². The van der Waals surface area contributed by atoms with Crippen molar-refractivity contribution in [3.05, 3.63) is 36.0 Å². The SMILES string of the molecule is O=C(c1cccc2cc[nH]c12)N(CCCCO)C1CC1. The van der Waals surface area contributed by atoms with Gasteiger partial charge in [0.1, 0.15) is 0 Å². The molecule has 0 atom stereocenters. The Morgan fingerprint density at radius 2 is 2.15 bits per heavy atom. The van der Waals surface area contributed by atoms with Gasteiger partial charge >= 0.3 is 0 Å². The van der Waals surface area contributed by atoms with E-state index in [0.717, 1.165) is 48.7 Å². The maximum atomic E-state index is 12.8. The average molecular weight is 272 g/mol. The van der Waals surface area contributed by atoms with Crippen molar-refractivity contribution in [1.82, 2.24) is 9.88 Å². The van der Waals surface area contributed by atoms with Crippen molar-refractivity contribution in [3.63, 3.8) is 0 Å². The highest BCUT2D eigenvalue weighted by molar-refractivity contribution is 6.05. The Balaban J connectivity index is 1.83. The van der Waals surface area contributed by atoms with Crippen molar-refractivity contribution in [3.8, 4) is 0 Å². The number of aliphatic hydroxyl groups excluding tert-OH is 1. The van der Waals surface area contributed by atoms with Crippen LogP contribution in [0.5, 0.6) is 0 Å². The summed E-state index contributed by atoms with van der Waals surface area (Å²) < 4.78 is 0. The minimum absolute atomic E-state index is 0.110. The van der Waals surface area contributed by atoms with E-state index in [4.69, 9.17) is 5.11 Å². The fourth-order valence-electron chi connectivity index (χ4n) is 2.65. The number of benzene rings is 1. The number of aromatic nitrogens is 1. The van der Waals surface area contributed by atoms with E-state index in [1.807, 2.05) is 35.4 Å². The number of carbonyl (C=O) groups excluding carboxylic acids is 1. The van der Waals surface area contributed by atoms with E-state index < -0.39 is 0 Å². The van der Waals surface area contributed by atoms with Crippen LogP contribution in [0.4, 0.5) is 0 Å². The molecule has 0 radical (unpaired) electrons. The summed E-state index contributed by atoms with van der Waals surface area (Å²) >= 11 is 0. The zero-order valence-corrected chi connectivity index (χ0v) is 11.5. The number of hydrogen-bond donors (Lipinski definition) is 2. The summed E-state index contributed by atoms with van der Waals surface area (Å²) in [6.45, 7) is 0.931. The Labute approximate surface area is 118 Å². The first-order chi connectivity index (χ1) is 9.81. The van der Waals surface area contributed by atoms with Crippen LogP contribution in [0.3, 0.4) is 0 Å². The Morgan fingerprint density at radius 1 is 1.30 bits per heavy atom.